The molecule has 134 valence electrons. The molecular weight excluding hydrogens is 332 g/mol. The maximum absolute atomic E-state index is 12.0. The highest BCUT2D eigenvalue weighted by molar-refractivity contribution is 5.87. The Balaban J connectivity index is 1.36. The smallest absolute Gasteiger partial charge is 0.331 e. The molecular formula is C20H20N2O4. The van der Waals surface area contributed by atoms with E-state index in [0.717, 1.165) is 5.56 Å². The molecule has 3 aromatic heterocycles. The van der Waals surface area contributed by atoms with Crippen LogP contribution in [0.4, 0.5) is 0 Å². The van der Waals surface area contributed by atoms with E-state index in [1.807, 2.05) is 0 Å². The van der Waals surface area contributed by atoms with Crippen molar-refractivity contribution < 1.29 is 18.5 Å². The number of carbonyl (C=O) groups is 1. The fourth-order valence-electron chi connectivity index (χ4n) is 3.13. The van der Waals surface area contributed by atoms with E-state index in [-0.39, 0.29) is 6.61 Å². The van der Waals surface area contributed by atoms with Crippen molar-refractivity contribution in [1.82, 2.24) is 9.72 Å². The quantitative estimate of drug-likeness (QED) is 0.484. The zero-order valence-electron chi connectivity index (χ0n) is 14.8. The number of rotatable bonds is 6. The van der Waals surface area contributed by atoms with Crippen LogP contribution in [0.2, 0.25) is 0 Å². The molecule has 1 aliphatic carbocycles. The predicted molar refractivity (Wildman–Crippen MR) is 95.2 cm³/mol. The van der Waals surface area contributed by atoms with Crippen LogP contribution in [-0.2, 0) is 16.1 Å². The summed E-state index contributed by atoms with van der Waals surface area (Å²) in [6, 6.07) is 7.96. The third kappa shape index (κ3) is 3.35. The average Bonchev–Trinajstić information content (AvgIpc) is 3.03. The van der Waals surface area contributed by atoms with Gasteiger partial charge >= 0.3 is 5.97 Å². The summed E-state index contributed by atoms with van der Waals surface area (Å²) in [5, 5.41) is 3.88. The van der Waals surface area contributed by atoms with Crippen LogP contribution in [0.3, 0.4) is 0 Å². The highest BCUT2D eigenvalue weighted by Gasteiger charge is 2.26. The van der Waals surface area contributed by atoms with Crippen molar-refractivity contribution in [2.24, 2.45) is 0 Å². The van der Waals surface area contributed by atoms with Gasteiger partial charge in [0.1, 0.15) is 12.3 Å². The van der Waals surface area contributed by atoms with Crippen LogP contribution in [-0.4, -0.2) is 15.7 Å². The molecule has 0 aromatic carbocycles. The minimum absolute atomic E-state index is 0.0501. The Morgan fingerprint density at radius 2 is 2.19 bits per heavy atom. The lowest BCUT2D eigenvalue weighted by atomic mass is 10.2. The number of hydrogen-bond acceptors (Lipinski definition) is 5. The number of aromatic nitrogens is 2. The second-order valence-corrected chi connectivity index (χ2v) is 6.53. The first-order valence-electron chi connectivity index (χ1n) is 8.64. The van der Waals surface area contributed by atoms with E-state index in [9.17, 15) is 4.79 Å². The Labute approximate surface area is 151 Å². The van der Waals surface area contributed by atoms with Crippen LogP contribution in [0.25, 0.3) is 17.6 Å². The molecule has 0 aliphatic heterocycles. The summed E-state index contributed by atoms with van der Waals surface area (Å²) in [5.41, 5.74) is 4.00. The molecule has 1 fully saturated rings. The van der Waals surface area contributed by atoms with Gasteiger partial charge in [-0.1, -0.05) is 5.16 Å². The minimum Gasteiger partial charge on any atom is -0.461 e. The number of nitrogens with zero attached hydrogens (tertiary/aromatic N) is 2. The third-order valence-corrected chi connectivity index (χ3v) is 4.52. The van der Waals surface area contributed by atoms with E-state index < -0.39 is 5.97 Å². The molecule has 6 nitrogen and oxygen atoms in total. The number of furan rings is 1. The molecule has 4 rings (SSSR count). The summed E-state index contributed by atoms with van der Waals surface area (Å²) in [6.07, 6.45) is 7.29. The third-order valence-electron chi connectivity index (χ3n) is 4.52. The number of carbonyl (C=O) groups excluding carboxylic acids is 1. The minimum atomic E-state index is -0.413. The topological polar surface area (TPSA) is 70.4 Å². The fourth-order valence-corrected chi connectivity index (χ4v) is 3.13. The van der Waals surface area contributed by atoms with Gasteiger partial charge in [-0.25, -0.2) is 4.79 Å². The van der Waals surface area contributed by atoms with Crippen molar-refractivity contribution in [3.05, 3.63) is 59.2 Å². The Hall–Kier alpha value is -3.02. The van der Waals surface area contributed by atoms with E-state index in [0.29, 0.717) is 23.3 Å². The van der Waals surface area contributed by atoms with Gasteiger partial charge in [-0.05, 0) is 56.5 Å². The van der Waals surface area contributed by atoms with Gasteiger partial charge in [-0.3, -0.25) is 0 Å². The zero-order chi connectivity index (χ0) is 18.1. The molecule has 26 heavy (non-hydrogen) atoms. The molecule has 0 radical (unpaired) electrons. The van der Waals surface area contributed by atoms with Crippen LogP contribution < -0.4 is 0 Å². The van der Waals surface area contributed by atoms with Gasteiger partial charge in [0, 0.05) is 29.6 Å². The average molecular weight is 352 g/mol. The lowest BCUT2D eigenvalue weighted by Crippen LogP contribution is -2.01. The van der Waals surface area contributed by atoms with Gasteiger partial charge in [0.15, 0.2) is 5.76 Å². The van der Waals surface area contributed by atoms with Gasteiger partial charge in [0.25, 0.3) is 0 Å². The van der Waals surface area contributed by atoms with E-state index in [2.05, 4.69) is 29.6 Å². The van der Waals surface area contributed by atoms with Crippen LogP contribution in [0.5, 0.6) is 0 Å². The van der Waals surface area contributed by atoms with E-state index >= 15 is 0 Å². The number of aryl methyl sites for hydroxylation is 1. The molecule has 0 bridgehead atoms. The molecule has 0 spiro atoms. The van der Waals surface area contributed by atoms with Crippen LogP contribution in [0.15, 0.2) is 45.5 Å². The van der Waals surface area contributed by atoms with Crippen LogP contribution >= 0.6 is 0 Å². The molecule has 3 aromatic rings. The first-order valence-corrected chi connectivity index (χ1v) is 8.64. The second-order valence-electron chi connectivity index (χ2n) is 6.53. The summed E-state index contributed by atoms with van der Waals surface area (Å²) < 4.78 is 18.0. The molecule has 1 aliphatic rings. The normalized spacial score (nSPS) is 14.2. The molecule has 0 atom stereocenters. The zero-order valence-corrected chi connectivity index (χ0v) is 14.8. The Morgan fingerprint density at radius 3 is 2.92 bits per heavy atom. The van der Waals surface area contributed by atoms with Gasteiger partial charge in [-0.2, -0.15) is 0 Å². The maximum atomic E-state index is 12.0. The van der Waals surface area contributed by atoms with Gasteiger partial charge < -0.3 is 18.2 Å². The van der Waals surface area contributed by atoms with Gasteiger partial charge in [-0.15, -0.1) is 0 Å². The van der Waals surface area contributed by atoms with Crippen LogP contribution in [0.1, 0.15) is 41.5 Å². The van der Waals surface area contributed by atoms with E-state index in [1.165, 1.54) is 30.3 Å². The van der Waals surface area contributed by atoms with Crippen molar-refractivity contribution in [3.8, 4) is 11.5 Å². The van der Waals surface area contributed by atoms with Crippen molar-refractivity contribution in [3.63, 3.8) is 0 Å². The molecule has 3 heterocycles. The fraction of sp³-hybridized carbons (Fsp3) is 0.300. The highest BCUT2D eigenvalue weighted by atomic mass is 16.5. The van der Waals surface area contributed by atoms with Gasteiger partial charge in [0.05, 0.1) is 6.26 Å². The van der Waals surface area contributed by atoms with Crippen molar-refractivity contribution in [2.45, 2.75) is 39.3 Å². The Morgan fingerprint density at radius 1 is 1.35 bits per heavy atom. The largest absolute Gasteiger partial charge is 0.461 e. The monoisotopic (exact) mass is 352 g/mol. The molecule has 0 N–H and O–H groups in total. The van der Waals surface area contributed by atoms with Crippen molar-refractivity contribution in [2.75, 3.05) is 0 Å². The number of hydrogen-bond donors (Lipinski definition) is 0. The predicted octanol–water partition coefficient (Wildman–Crippen LogP) is 4.44. The summed E-state index contributed by atoms with van der Waals surface area (Å²) >= 11 is 0. The maximum Gasteiger partial charge on any atom is 0.331 e. The Kier molecular flexibility index (Phi) is 4.24. The lowest BCUT2D eigenvalue weighted by molar-refractivity contribution is -0.139. The first-order chi connectivity index (χ1) is 12.6. The summed E-state index contributed by atoms with van der Waals surface area (Å²) in [6.45, 7) is 4.23. The summed E-state index contributed by atoms with van der Waals surface area (Å²) in [4.78, 5) is 12.0. The van der Waals surface area contributed by atoms with Gasteiger partial charge in [0.2, 0.25) is 5.76 Å². The molecule has 0 amide bonds. The first kappa shape index (κ1) is 16.4. The van der Waals surface area contributed by atoms with Crippen molar-refractivity contribution >= 4 is 12.0 Å². The molecule has 0 saturated heterocycles. The van der Waals surface area contributed by atoms with Crippen molar-refractivity contribution in [1.29, 1.82) is 0 Å². The standard InChI is InChI=1S/C20H20N2O4/c1-13-10-15(14(2)22(13)17-6-7-17)5-8-20(23)25-12-16-11-19(26-21-16)18-4-3-9-24-18/h3-5,8-11,17H,6-7,12H2,1-2H3/b8-5+. The second kappa shape index (κ2) is 6.71. The molecule has 1 saturated carbocycles. The van der Waals surface area contributed by atoms with E-state index in [1.54, 1.807) is 30.5 Å². The van der Waals surface area contributed by atoms with Crippen LogP contribution in [0, 0.1) is 13.8 Å². The Bertz CT molecular complexity index is 943. The summed E-state index contributed by atoms with van der Waals surface area (Å²) in [5.74, 6) is 0.675. The van der Waals surface area contributed by atoms with E-state index in [4.69, 9.17) is 13.7 Å². The molecule has 0 unspecified atom stereocenters. The number of esters is 1. The number of ether oxygens (including phenoxy) is 1. The molecule has 6 heteroatoms. The highest BCUT2D eigenvalue weighted by Crippen LogP contribution is 2.38. The lowest BCUT2D eigenvalue weighted by Gasteiger charge is -2.06. The SMILES string of the molecule is Cc1cc(/C=C/C(=O)OCc2cc(-c3ccco3)on2)c(C)n1C1CC1. The summed E-state index contributed by atoms with van der Waals surface area (Å²) in [7, 11) is 0.